The number of hydrogen-bond acceptors (Lipinski definition) is 2. The minimum absolute atomic E-state index is 0.849. The fraction of sp³-hybridized carbons (Fsp3) is 1.00. The maximum Gasteiger partial charge on any atom is 0.0104 e. The minimum Gasteiger partial charge on any atom is -0.316 e. The third-order valence-corrected chi connectivity index (χ3v) is 2.24. The van der Waals surface area contributed by atoms with Crippen LogP contribution in [-0.2, 0) is 0 Å². The summed E-state index contributed by atoms with van der Waals surface area (Å²) in [6.07, 6.45) is 2.69. The van der Waals surface area contributed by atoms with Gasteiger partial charge >= 0.3 is 0 Å². The highest BCUT2D eigenvalue weighted by molar-refractivity contribution is 4.55. The summed E-state index contributed by atoms with van der Waals surface area (Å²) in [5, 5.41) is 3.34. The molecule has 0 aliphatic rings. The van der Waals surface area contributed by atoms with Crippen molar-refractivity contribution < 1.29 is 0 Å². The zero-order chi connectivity index (χ0) is 10.1. The van der Waals surface area contributed by atoms with E-state index in [0.717, 1.165) is 19.0 Å². The fourth-order valence-corrected chi connectivity index (χ4v) is 1.33. The van der Waals surface area contributed by atoms with Crippen molar-refractivity contribution in [1.82, 2.24) is 10.2 Å². The molecule has 0 aromatic rings. The molecule has 0 atom stereocenters. The number of likely N-dealkylation sites (N-methyl/N-ethyl adjacent to an activating group) is 2. The summed E-state index contributed by atoms with van der Waals surface area (Å²) >= 11 is 0. The van der Waals surface area contributed by atoms with Crippen LogP contribution in [0.1, 0.15) is 33.6 Å². The SMILES string of the molecule is CCNCCN(C)CCCC(C)C. The lowest BCUT2D eigenvalue weighted by molar-refractivity contribution is 0.317. The molecular weight excluding hydrogens is 160 g/mol. The van der Waals surface area contributed by atoms with E-state index >= 15 is 0 Å². The van der Waals surface area contributed by atoms with Crippen molar-refractivity contribution in [3.63, 3.8) is 0 Å². The lowest BCUT2D eigenvalue weighted by atomic mass is 10.1. The monoisotopic (exact) mass is 186 g/mol. The van der Waals surface area contributed by atoms with Crippen LogP contribution in [0.25, 0.3) is 0 Å². The quantitative estimate of drug-likeness (QED) is 0.583. The highest BCUT2D eigenvalue weighted by Gasteiger charge is 1.98. The lowest BCUT2D eigenvalue weighted by Crippen LogP contribution is -2.29. The number of nitrogens with zero attached hydrogens (tertiary/aromatic N) is 1. The number of rotatable bonds is 8. The van der Waals surface area contributed by atoms with Crippen LogP contribution < -0.4 is 5.32 Å². The van der Waals surface area contributed by atoms with Gasteiger partial charge in [0.1, 0.15) is 0 Å². The summed E-state index contributed by atoms with van der Waals surface area (Å²) in [7, 11) is 2.21. The molecule has 80 valence electrons. The maximum absolute atomic E-state index is 3.34. The second-order valence-corrected chi connectivity index (χ2v) is 4.19. The van der Waals surface area contributed by atoms with Gasteiger partial charge in [0.2, 0.25) is 0 Å². The summed E-state index contributed by atoms with van der Waals surface area (Å²) in [6.45, 7) is 11.3. The van der Waals surface area contributed by atoms with Gasteiger partial charge in [0, 0.05) is 13.1 Å². The molecule has 0 saturated carbocycles. The second-order valence-electron chi connectivity index (χ2n) is 4.19. The van der Waals surface area contributed by atoms with Crippen LogP contribution in [0.3, 0.4) is 0 Å². The first kappa shape index (κ1) is 12.9. The van der Waals surface area contributed by atoms with E-state index in [0.29, 0.717) is 0 Å². The van der Waals surface area contributed by atoms with Gasteiger partial charge in [0.25, 0.3) is 0 Å². The topological polar surface area (TPSA) is 15.3 Å². The summed E-state index contributed by atoms with van der Waals surface area (Å²) in [5.41, 5.74) is 0. The van der Waals surface area contributed by atoms with Crippen LogP contribution in [0.4, 0.5) is 0 Å². The van der Waals surface area contributed by atoms with E-state index in [-0.39, 0.29) is 0 Å². The highest BCUT2D eigenvalue weighted by atomic mass is 15.1. The minimum atomic E-state index is 0.849. The van der Waals surface area contributed by atoms with Gasteiger partial charge < -0.3 is 10.2 Å². The Bertz CT molecular complexity index is 102. The van der Waals surface area contributed by atoms with Gasteiger partial charge in [-0.15, -0.1) is 0 Å². The van der Waals surface area contributed by atoms with Gasteiger partial charge in [0.05, 0.1) is 0 Å². The van der Waals surface area contributed by atoms with E-state index in [4.69, 9.17) is 0 Å². The molecule has 0 fully saturated rings. The first-order chi connectivity index (χ1) is 6.16. The van der Waals surface area contributed by atoms with Crippen molar-refractivity contribution >= 4 is 0 Å². The van der Waals surface area contributed by atoms with Gasteiger partial charge in [-0.2, -0.15) is 0 Å². The van der Waals surface area contributed by atoms with Crippen molar-refractivity contribution in [3.05, 3.63) is 0 Å². The molecule has 0 spiro atoms. The predicted octanol–water partition coefficient (Wildman–Crippen LogP) is 1.96. The molecule has 0 saturated heterocycles. The molecule has 0 amide bonds. The second kappa shape index (κ2) is 8.52. The Morgan fingerprint density at radius 1 is 1.23 bits per heavy atom. The van der Waals surface area contributed by atoms with E-state index in [2.05, 4.69) is 38.0 Å². The molecular formula is C11H26N2. The molecule has 0 heterocycles. The maximum atomic E-state index is 3.34. The predicted molar refractivity (Wildman–Crippen MR) is 60.1 cm³/mol. The van der Waals surface area contributed by atoms with Gasteiger partial charge in [-0.25, -0.2) is 0 Å². The van der Waals surface area contributed by atoms with Crippen LogP contribution in [0.2, 0.25) is 0 Å². The van der Waals surface area contributed by atoms with Gasteiger partial charge in [0.15, 0.2) is 0 Å². The summed E-state index contributed by atoms with van der Waals surface area (Å²) in [4.78, 5) is 2.41. The largest absolute Gasteiger partial charge is 0.316 e. The Labute approximate surface area is 83.7 Å². The van der Waals surface area contributed by atoms with Crippen LogP contribution >= 0.6 is 0 Å². The van der Waals surface area contributed by atoms with E-state index < -0.39 is 0 Å². The van der Waals surface area contributed by atoms with Crippen LogP contribution in [0.5, 0.6) is 0 Å². The molecule has 0 aliphatic carbocycles. The number of hydrogen-bond donors (Lipinski definition) is 1. The molecule has 0 aromatic heterocycles. The van der Waals surface area contributed by atoms with E-state index in [1.54, 1.807) is 0 Å². The summed E-state index contributed by atoms with van der Waals surface area (Å²) < 4.78 is 0. The van der Waals surface area contributed by atoms with E-state index in [1.807, 2.05) is 0 Å². The zero-order valence-corrected chi connectivity index (χ0v) is 9.77. The van der Waals surface area contributed by atoms with Crippen molar-refractivity contribution in [3.8, 4) is 0 Å². The Morgan fingerprint density at radius 3 is 2.46 bits per heavy atom. The standard InChI is InChI=1S/C11H26N2/c1-5-12-8-10-13(4)9-6-7-11(2)3/h11-12H,5-10H2,1-4H3. The van der Waals surface area contributed by atoms with Crippen LogP contribution in [0, 0.1) is 5.92 Å². The average molecular weight is 186 g/mol. The summed E-state index contributed by atoms with van der Waals surface area (Å²) in [5.74, 6) is 0.849. The van der Waals surface area contributed by atoms with Gasteiger partial charge in [-0.05, 0) is 38.9 Å². The molecule has 0 aliphatic heterocycles. The number of nitrogens with one attached hydrogen (secondary N) is 1. The van der Waals surface area contributed by atoms with Crippen molar-refractivity contribution in [1.29, 1.82) is 0 Å². The molecule has 13 heavy (non-hydrogen) atoms. The Kier molecular flexibility index (Phi) is 8.46. The van der Waals surface area contributed by atoms with Crippen molar-refractivity contribution in [2.45, 2.75) is 33.6 Å². The fourth-order valence-electron chi connectivity index (χ4n) is 1.33. The molecule has 1 N–H and O–H groups in total. The molecule has 0 rings (SSSR count). The van der Waals surface area contributed by atoms with Crippen LogP contribution in [0.15, 0.2) is 0 Å². The molecule has 0 radical (unpaired) electrons. The lowest BCUT2D eigenvalue weighted by Gasteiger charge is -2.17. The molecule has 2 heteroatoms. The first-order valence-electron chi connectivity index (χ1n) is 5.56. The zero-order valence-electron chi connectivity index (χ0n) is 9.77. The Hall–Kier alpha value is -0.0800. The van der Waals surface area contributed by atoms with Gasteiger partial charge in [-0.3, -0.25) is 0 Å². The van der Waals surface area contributed by atoms with Crippen LogP contribution in [-0.4, -0.2) is 38.1 Å². The van der Waals surface area contributed by atoms with Crippen molar-refractivity contribution in [2.24, 2.45) is 5.92 Å². The Balaban J connectivity index is 3.15. The highest BCUT2D eigenvalue weighted by Crippen LogP contribution is 2.03. The third-order valence-electron chi connectivity index (χ3n) is 2.24. The molecule has 2 nitrogen and oxygen atoms in total. The first-order valence-corrected chi connectivity index (χ1v) is 5.56. The smallest absolute Gasteiger partial charge is 0.0104 e. The molecule has 0 bridgehead atoms. The third kappa shape index (κ3) is 9.84. The summed E-state index contributed by atoms with van der Waals surface area (Å²) in [6, 6.07) is 0. The average Bonchev–Trinajstić information content (AvgIpc) is 2.04. The van der Waals surface area contributed by atoms with E-state index in [1.165, 1.54) is 25.9 Å². The normalized spacial score (nSPS) is 11.5. The van der Waals surface area contributed by atoms with E-state index in [9.17, 15) is 0 Å². The Morgan fingerprint density at radius 2 is 1.92 bits per heavy atom. The van der Waals surface area contributed by atoms with Crippen molar-refractivity contribution in [2.75, 3.05) is 33.2 Å². The molecule has 0 unspecified atom stereocenters. The molecule has 0 aromatic carbocycles. The van der Waals surface area contributed by atoms with Gasteiger partial charge in [-0.1, -0.05) is 20.8 Å².